The number of nitrogens with zero attached hydrogens (tertiary/aromatic N) is 4. The molecule has 3 aromatic rings. The molecule has 1 aromatic carbocycles. The average Bonchev–Trinajstić information content (AvgIpc) is 2.77. The van der Waals surface area contributed by atoms with E-state index in [0.717, 1.165) is 35.6 Å². The maximum Gasteiger partial charge on any atom is 0.317 e. The molecule has 0 saturated carbocycles. The van der Waals surface area contributed by atoms with Crippen molar-refractivity contribution in [2.75, 3.05) is 44.2 Å². The van der Waals surface area contributed by atoms with Crippen LogP contribution in [0.1, 0.15) is 0 Å². The number of carbonyl (C=O) groups is 1. The molecule has 28 heavy (non-hydrogen) atoms. The van der Waals surface area contributed by atoms with Gasteiger partial charge in [-0.15, -0.1) is 0 Å². The lowest BCUT2D eigenvalue weighted by molar-refractivity contribution is 0.191. The van der Waals surface area contributed by atoms with Crippen LogP contribution in [-0.4, -0.2) is 60.2 Å². The number of urea groups is 1. The predicted molar refractivity (Wildman–Crippen MR) is 109 cm³/mol. The first-order valence-electron chi connectivity index (χ1n) is 9.46. The smallest absolute Gasteiger partial charge is 0.317 e. The van der Waals surface area contributed by atoms with Gasteiger partial charge >= 0.3 is 6.03 Å². The first kappa shape index (κ1) is 18.0. The van der Waals surface area contributed by atoms with Crippen LogP contribution in [0.5, 0.6) is 5.75 Å². The summed E-state index contributed by atoms with van der Waals surface area (Å²) in [4.78, 5) is 25.0. The zero-order valence-corrected chi connectivity index (χ0v) is 15.6. The Kier molecular flexibility index (Phi) is 5.51. The summed E-state index contributed by atoms with van der Waals surface area (Å²) in [5.41, 5.74) is 0.938. The van der Waals surface area contributed by atoms with Gasteiger partial charge in [-0.05, 0) is 36.4 Å². The maximum absolute atomic E-state index is 12.3. The lowest BCUT2D eigenvalue weighted by Gasteiger charge is -2.35. The standard InChI is InChI=1S/C21H23N5O2/c27-21(26-13-11-25(12-14-26)20-5-1-2-8-23-20)24-10-15-28-18-6-7-19-17(16-18)4-3-9-22-19/h1-9,16H,10-15H2,(H,24,27). The summed E-state index contributed by atoms with van der Waals surface area (Å²) in [5, 5.41) is 3.97. The van der Waals surface area contributed by atoms with E-state index in [4.69, 9.17) is 4.74 Å². The van der Waals surface area contributed by atoms with Crippen LogP contribution in [0.2, 0.25) is 0 Å². The molecular weight excluding hydrogens is 354 g/mol. The maximum atomic E-state index is 12.3. The Morgan fingerprint density at radius 1 is 1.00 bits per heavy atom. The van der Waals surface area contributed by atoms with Crippen molar-refractivity contribution in [2.45, 2.75) is 0 Å². The molecule has 1 saturated heterocycles. The van der Waals surface area contributed by atoms with Crippen molar-refractivity contribution in [1.29, 1.82) is 0 Å². The third-order valence-corrected chi connectivity index (χ3v) is 4.76. The summed E-state index contributed by atoms with van der Waals surface area (Å²) in [5.74, 6) is 1.74. The second-order valence-corrected chi connectivity index (χ2v) is 6.60. The van der Waals surface area contributed by atoms with Crippen molar-refractivity contribution in [3.8, 4) is 5.75 Å². The molecule has 2 aromatic heterocycles. The van der Waals surface area contributed by atoms with Crippen LogP contribution >= 0.6 is 0 Å². The highest BCUT2D eigenvalue weighted by atomic mass is 16.5. The monoisotopic (exact) mass is 377 g/mol. The number of amides is 2. The van der Waals surface area contributed by atoms with E-state index in [9.17, 15) is 4.79 Å². The van der Waals surface area contributed by atoms with Crippen LogP contribution in [0.3, 0.4) is 0 Å². The van der Waals surface area contributed by atoms with Crippen molar-refractivity contribution in [3.05, 3.63) is 60.9 Å². The van der Waals surface area contributed by atoms with Crippen molar-refractivity contribution in [3.63, 3.8) is 0 Å². The third-order valence-electron chi connectivity index (χ3n) is 4.76. The van der Waals surface area contributed by atoms with Gasteiger partial charge in [-0.25, -0.2) is 9.78 Å². The van der Waals surface area contributed by atoms with Crippen LogP contribution in [-0.2, 0) is 0 Å². The highest BCUT2D eigenvalue weighted by molar-refractivity contribution is 5.79. The quantitative estimate of drug-likeness (QED) is 0.692. The molecule has 7 heteroatoms. The molecule has 144 valence electrons. The van der Waals surface area contributed by atoms with E-state index in [2.05, 4.69) is 20.2 Å². The van der Waals surface area contributed by atoms with E-state index < -0.39 is 0 Å². The predicted octanol–water partition coefficient (Wildman–Crippen LogP) is 2.54. The molecule has 0 atom stereocenters. The SMILES string of the molecule is O=C(NCCOc1ccc2ncccc2c1)N1CCN(c2ccccn2)CC1. The van der Waals surface area contributed by atoms with E-state index in [1.54, 1.807) is 12.4 Å². The Bertz CT molecular complexity index is 926. The van der Waals surface area contributed by atoms with Crippen molar-refractivity contribution >= 4 is 22.8 Å². The van der Waals surface area contributed by atoms with Crippen LogP contribution in [0.4, 0.5) is 10.6 Å². The summed E-state index contributed by atoms with van der Waals surface area (Å²) in [6.45, 7) is 3.82. The van der Waals surface area contributed by atoms with Gasteiger partial charge in [-0.1, -0.05) is 12.1 Å². The Hall–Kier alpha value is -3.35. The number of hydrogen-bond donors (Lipinski definition) is 1. The molecule has 0 bridgehead atoms. The van der Waals surface area contributed by atoms with Gasteiger partial charge in [-0.2, -0.15) is 0 Å². The van der Waals surface area contributed by atoms with Gasteiger partial charge in [0, 0.05) is 44.0 Å². The molecule has 7 nitrogen and oxygen atoms in total. The van der Waals surface area contributed by atoms with Crippen LogP contribution in [0, 0.1) is 0 Å². The molecule has 0 spiro atoms. The summed E-state index contributed by atoms with van der Waals surface area (Å²) in [7, 11) is 0. The summed E-state index contributed by atoms with van der Waals surface area (Å²) in [6.07, 6.45) is 3.56. The minimum absolute atomic E-state index is 0.0491. The van der Waals surface area contributed by atoms with Crippen LogP contribution in [0.25, 0.3) is 10.9 Å². The molecule has 3 heterocycles. The first-order valence-corrected chi connectivity index (χ1v) is 9.46. The lowest BCUT2D eigenvalue weighted by atomic mass is 10.2. The topological polar surface area (TPSA) is 70.6 Å². The minimum Gasteiger partial charge on any atom is -0.492 e. The Labute approximate surface area is 164 Å². The van der Waals surface area contributed by atoms with Crippen LogP contribution in [0.15, 0.2) is 60.9 Å². The Morgan fingerprint density at radius 3 is 2.68 bits per heavy atom. The first-order chi connectivity index (χ1) is 13.8. The van der Waals surface area contributed by atoms with Crippen molar-refractivity contribution < 1.29 is 9.53 Å². The van der Waals surface area contributed by atoms with E-state index in [-0.39, 0.29) is 6.03 Å². The minimum atomic E-state index is -0.0491. The fourth-order valence-corrected chi connectivity index (χ4v) is 3.26. The van der Waals surface area contributed by atoms with Gasteiger partial charge < -0.3 is 19.9 Å². The average molecular weight is 377 g/mol. The number of ether oxygens (including phenoxy) is 1. The van der Waals surface area contributed by atoms with E-state index in [0.29, 0.717) is 26.2 Å². The van der Waals surface area contributed by atoms with Gasteiger partial charge in [0.25, 0.3) is 0 Å². The number of nitrogens with one attached hydrogen (secondary N) is 1. The molecule has 0 unspecified atom stereocenters. The number of rotatable bonds is 5. The van der Waals surface area contributed by atoms with Gasteiger partial charge in [0.05, 0.1) is 12.1 Å². The van der Waals surface area contributed by atoms with Crippen LogP contribution < -0.4 is 15.0 Å². The molecular formula is C21H23N5O2. The molecule has 1 N–H and O–H groups in total. The highest BCUT2D eigenvalue weighted by Crippen LogP contribution is 2.18. The largest absolute Gasteiger partial charge is 0.492 e. The molecule has 2 amide bonds. The molecule has 0 radical (unpaired) electrons. The molecule has 1 fully saturated rings. The number of pyridine rings is 2. The molecule has 1 aliphatic rings. The summed E-state index contributed by atoms with van der Waals surface area (Å²) < 4.78 is 5.75. The van der Waals surface area contributed by atoms with Gasteiger partial charge in [0.1, 0.15) is 18.2 Å². The highest BCUT2D eigenvalue weighted by Gasteiger charge is 2.21. The number of piperazine rings is 1. The van der Waals surface area contributed by atoms with E-state index >= 15 is 0 Å². The second kappa shape index (κ2) is 8.56. The van der Waals surface area contributed by atoms with E-state index in [1.165, 1.54) is 0 Å². The van der Waals surface area contributed by atoms with E-state index in [1.807, 2.05) is 53.4 Å². The Balaban J connectivity index is 1.19. The normalized spacial score (nSPS) is 14.1. The fourth-order valence-electron chi connectivity index (χ4n) is 3.26. The number of carbonyl (C=O) groups excluding carboxylic acids is 1. The van der Waals surface area contributed by atoms with Gasteiger partial charge in [-0.3, -0.25) is 4.98 Å². The number of benzene rings is 1. The number of anilines is 1. The van der Waals surface area contributed by atoms with Crippen molar-refractivity contribution in [1.82, 2.24) is 20.2 Å². The molecule has 4 rings (SSSR count). The number of hydrogen-bond acceptors (Lipinski definition) is 5. The zero-order chi connectivity index (χ0) is 19.2. The van der Waals surface area contributed by atoms with Gasteiger partial charge in [0.15, 0.2) is 0 Å². The number of fused-ring (bicyclic) bond motifs is 1. The summed E-state index contributed by atoms with van der Waals surface area (Å²) >= 11 is 0. The van der Waals surface area contributed by atoms with Gasteiger partial charge in [0.2, 0.25) is 0 Å². The third kappa shape index (κ3) is 4.31. The fraction of sp³-hybridized carbons (Fsp3) is 0.286. The molecule has 1 aliphatic heterocycles. The second-order valence-electron chi connectivity index (χ2n) is 6.60. The molecule has 0 aliphatic carbocycles. The Morgan fingerprint density at radius 2 is 1.86 bits per heavy atom. The zero-order valence-electron chi connectivity index (χ0n) is 15.6. The lowest BCUT2D eigenvalue weighted by Crippen LogP contribution is -2.52. The van der Waals surface area contributed by atoms with Crippen molar-refractivity contribution in [2.24, 2.45) is 0 Å². The number of aromatic nitrogens is 2. The summed E-state index contributed by atoms with van der Waals surface area (Å²) in [6, 6.07) is 15.5.